The highest BCUT2D eigenvalue weighted by Gasteiger charge is 2.45. The third-order valence-electron chi connectivity index (χ3n) is 6.16. The predicted molar refractivity (Wildman–Crippen MR) is 109 cm³/mol. The molecule has 0 amide bonds. The van der Waals surface area contributed by atoms with E-state index in [4.69, 9.17) is 23.1 Å². The van der Waals surface area contributed by atoms with E-state index in [1.807, 2.05) is 18.3 Å². The van der Waals surface area contributed by atoms with Crippen LogP contribution in [0.2, 0.25) is 5.02 Å². The molecule has 1 aliphatic carbocycles. The summed E-state index contributed by atoms with van der Waals surface area (Å²) < 4.78 is 0. The van der Waals surface area contributed by atoms with Gasteiger partial charge in [0.05, 0.1) is 16.9 Å². The Hall–Kier alpha value is -1.66. The summed E-state index contributed by atoms with van der Waals surface area (Å²) in [5, 5.41) is 1.18. The number of aromatic nitrogens is 2. The predicted octanol–water partition coefficient (Wildman–Crippen LogP) is 4.46. The molecule has 2 fully saturated rings. The normalized spacial score (nSPS) is 21.6. The number of rotatable bonds is 3. The van der Waals surface area contributed by atoms with E-state index in [2.05, 4.69) is 21.8 Å². The SMILES string of the molecule is C[C@H]1CCC12CCN(c1cnc(Sc3cccc(N)c3Cl)c(N)n1)CC2. The van der Waals surface area contributed by atoms with Crippen LogP contribution in [0.25, 0.3) is 0 Å². The van der Waals surface area contributed by atoms with Crippen LogP contribution in [0.3, 0.4) is 0 Å². The van der Waals surface area contributed by atoms with Gasteiger partial charge >= 0.3 is 0 Å². The first-order valence-corrected chi connectivity index (χ1v) is 10.3. The number of nitrogens with zero attached hydrogens (tertiary/aromatic N) is 3. The van der Waals surface area contributed by atoms with E-state index in [-0.39, 0.29) is 0 Å². The number of hydrogen-bond acceptors (Lipinski definition) is 6. The fourth-order valence-corrected chi connectivity index (χ4v) is 5.15. The van der Waals surface area contributed by atoms with Crippen LogP contribution in [0.4, 0.5) is 17.3 Å². The second kappa shape index (κ2) is 6.82. The zero-order valence-electron chi connectivity index (χ0n) is 14.9. The molecule has 1 spiro atoms. The minimum atomic E-state index is 0.434. The van der Waals surface area contributed by atoms with Crippen LogP contribution in [0.5, 0.6) is 0 Å². The van der Waals surface area contributed by atoms with Crippen molar-refractivity contribution in [1.29, 1.82) is 0 Å². The average Bonchev–Trinajstić information content (AvgIpc) is 2.66. The van der Waals surface area contributed by atoms with Gasteiger partial charge in [-0.15, -0.1) is 0 Å². The van der Waals surface area contributed by atoms with Gasteiger partial charge in [0.15, 0.2) is 5.82 Å². The Morgan fingerprint density at radius 1 is 1.23 bits per heavy atom. The highest BCUT2D eigenvalue weighted by Crippen LogP contribution is 2.53. The van der Waals surface area contributed by atoms with E-state index in [1.165, 1.54) is 37.4 Å². The Labute approximate surface area is 163 Å². The third kappa shape index (κ3) is 3.09. The molecule has 2 heterocycles. The molecule has 4 N–H and O–H groups in total. The first-order valence-electron chi connectivity index (χ1n) is 9.08. The van der Waals surface area contributed by atoms with Gasteiger partial charge in [-0.25, -0.2) is 9.97 Å². The van der Waals surface area contributed by atoms with Crippen molar-refractivity contribution in [1.82, 2.24) is 9.97 Å². The number of hydrogen-bond donors (Lipinski definition) is 2. The molecule has 1 saturated carbocycles. The van der Waals surface area contributed by atoms with Crippen LogP contribution in [0, 0.1) is 11.3 Å². The molecular weight excluding hydrogens is 366 g/mol. The molecule has 1 aliphatic heterocycles. The van der Waals surface area contributed by atoms with Gasteiger partial charge in [-0.05, 0) is 49.1 Å². The fourth-order valence-electron chi connectivity index (χ4n) is 4.09. The van der Waals surface area contributed by atoms with E-state index < -0.39 is 0 Å². The smallest absolute Gasteiger partial charge is 0.158 e. The maximum atomic E-state index is 6.26. The zero-order valence-corrected chi connectivity index (χ0v) is 16.5. The van der Waals surface area contributed by atoms with Gasteiger partial charge < -0.3 is 16.4 Å². The highest BCUT2D eigenvalue weighted by atomic mass is 35.5. The molecule has 1 aromatic heterocycles. The summed E-state index contributed by atoms with van der Waals surface area (Å²) in [4.78, 5) is 12.3. The van der Waals surface area contributed by atoms with Crippen molar-refractivity contribution >= 4 is 40.7 Å². The van der Waals surface area contributed by atoms with Crippen molar-refractivity contribution < 1.29 is 0 Å². The lowest BCUT2D eigenvalue weighted by atomic mass is 9.56. The summed E-state index contributed by atoms with van der Waals surface area (Å²) in [5.74, 6) is 2.17. The molecule has 0 radical (unpaired) electrons. The van der Waals surface area contributed by atoms with Gasteiger partial charge in [0, 0.05) is 18.0 Å². The molecule has 1 atom stereocenters. The van der Waals surface area contributed by atoms with Crippen molar-refractivity contribution in [3.05, 3.63) is 29.4 Å². The van der Waals surface area contributed by atoms with E-state index in [0.29, 0.717) is 27.0 Å². The van der Waals surface area contributed by atoms with Crippen molar-refractivity contribution in [2.45, 2.75) is 42.5 Å². The standard InChI is InChI=1S/C19H24ClN5S/c1-12-5-6-19(12)7-9-25(10-8-19)15-11-23-18(17(22)24-15)26-14-4-2-3-13(21)16(14)20/h2-4,11-12H,5-10,21H2,1H3,(H2,22,24)/t12-/m0/s1. The second-order valence-corrected chi connectivity index (χ2v) is 8.88. The second-order valence-electron chi connectivity index (χ2n) is 7.47. The summed E-state index contributed by atoms with van der Waals surface area (Å²) in [7, 11) is 0. The van der Waals surface area contributed by atoms with Crippen molar-refractivity contribution in [3.63, 3.8) is 0 Å². The first-order chi connectivity index (χ1) is 12.5. The Kier molecular flexibility index (Phi) is 4.65. The minimum absolute atomic E-state index is 0.434. The number of anilines is 3. The molecule has 5 nitrogen and oxygen atoms in total. The quantitative estimate of drug-likeness (QED) is 0.754. The summed E-state index contributed by atoms with van der Waals surface area (Å²) in [6.45, 7) is 4.46. The summed E-state index contributed by atoms with van der Waals surface area (Å²) >= 11 is 7.66. The summed E-state index contributed by atoms with van der Waals surface area (Å²) in [6, 6.07) is 5.55. The maximum Gasteiger partial charge on any atom is 0.158 e. The molecule has 4 rings (SSSR count). The summed E-state index contributed by atoms with van der Waals surface area (Å²) in [6.07, 6.45) is 7.06. The fraction of sp³-hybridized carbons (Fsp3) is 0.474. The van der Waals surface area contributed by atoms with Gasteiger partial charge in [-0.1, -0.05) is 36.4 Å². The van der Waals surface area contributed by atoms with Crippen LogP contribution in [0.1, 0.15) is 32.6 Å². The van der Waals surface area contributed by atoms with Crippen LogP contribution in [0.15, 0.2) is 34.3 Å². The Morgan fingerprint density at radius 2 is 2.00 bits per heavy atom. The van der Waals surface area contributed by atoms with E-state index >= 15 is 0 Å². The molecule has 1 aromatic carbocycles. The van der Waals surface area contributed by atoms with Gasteiger partial charge in [0.25, 0.3) is 0 Å². The van der Waals surface area contributed by atoms with Gasteiger partial charge in [0.1, 0.15) is 10.8 Å². The molecule has 138 valence electrons. The molecule has 2 aromatic rings. The maximum absolute atomic E-state index is 6.26. The number of piperidine rings is 1. The third-order valence-corrected chi connectivity index (χ3v) is 7.76. The molecule has 0 unspecified atom stereocenters. The first kappa shape index (κ1) is 17.7. The number of halogens is 1. The number of benzene rings is 1. The van der Waals surface area contributed by atoms with Gasteiger partial charge in [-0.2, -0.15) is 0 Å². The van der Waals surface area contributed by atoms with Gasteiger partial charge in [0.2, 0.25) is 0 Å². The topological polar surface area (TPSA) is 81.1 Å². The van der Waals surface area contributed by atoms with E-state index in [0.717, 1.165) is 29.7 Å². The zero-order chi connectivity index (χ0) is 18.3. The number of nitrogen functional groups attached to an aromatic ring is 2. The van der Waals surface area contributed by atoms with Crippen molar-refractivity contribution in [2.75, 3.05) is 29.5 Å². The molecule has 0 bridgehead atoms. The monoisotopic (exact) mass is 389 g/mol. The lowest BCUT2D eigenvalue weighted by molar-refractivity contribution is 0.0163. The lowest BCUT2D eigenvalue weighted by Gasteiger charge is -2.53. The lowest BCUT2D eigenvalue weighted by Crippen LogP contribution is -2.48. The average molecular weight is 390 g/mol. The Bertz CT molecular complexity index is 820. The highest BCUT2D eigenvalue weighted by molar-refractivity contribution is 7.99. The molecular formula is C19H24ClN5S. The number of nitrogens with two attached hydrogens (primary N) is 2. The molecule has 1 saturated heterocycles. The van der Waals surface area contributed by atoms with Crippen molar-refractivity contribution in [2.24, 2.45) is 11.3 Å². The van der Waals surface area contributed by atoms with Gasteiger partial charge in [-0.3, -0.25) is 0 Å². The molecule has 2 aliphatic rings. The molecule has 26 heavy (non-hydrogen) atoms. The van der Waals surface area contributed by atoms with Crippen LogP contribution in [-0.4, -0.2) is 23.1 Å². The molecule has 7 heteroatoms. The van der Waals surface area contributed by atoms with Crippen molar-refractivity contribution in [3.8, 4) is 0 Å². The van der Waals surface area contributed by atoms with Crippen LogP contribution >= 0.6 is 23.4 Å². The van der Waals surface area contributed by atoms with Crippen LogP contribution < -0.4 is 16.4 Å². The van der Waals surface area contributed by atoms with E-state index in [9.17, 15) is 0 Å². The minimum Gasteiger partial charge on any atom is -0.397 e. The summed E-state index contributed by atoms with van der Waals surface area (Å²) in [5.41, 5.74) is 13.2. The Morgan fingerprint density at radius 3 is 2.62 bits per heavy atom. The van der Waals surface area contributed by atoms with Crippen LogP contribution in [-0.2, 0) is 0 Å². The van der Waals surface area contributed by atoms with E-state index in [1.54, 1.807) is 6.07 Å². The largest absolute Gasteiger partial charge is 0.397 e. The Balaban J connectivity index is 1.47.